The van der Waals surface area contributed by atoms with Crippen LogP contribution < -0.4 is 5.32 Å². The molecule has 0 fully saturated rings. The molecule has 32 heavy (non-hydrogen) atoms. The van der Waals surface area contributed by atoms with E-state index < -0.39 is 27.5 Å². The Morgan fingerprint density at radius 2 is 2.00 bits per heavy atom. The monoisotopic (exact) mass is 534 g/mol. The van der Waals surface area contributed by atoms with Gasteiger partial charge >= 0.3 is 12.1 Å². The molecule has 172 valence electrons. The van der Waals surface area contributed by atoms with Crippen molar-refractivity contribution in [1.82, 2.24) is 14.6 Å². The van der Waals surface area contributed by atoms with Crippen molar-refractivity contribution in [2.24, 2.45) is 0 Å². The lowest BCUT2D eigenvalue weighted by Gasteiger charge is -2.13. The van der Waals surface area contributed by atoms with Gasteiger partial charge in [0, 0.05) is 16.9 Å². The first-order valence-electron chi connectivity index (χ1n) is 9.35. The fraction of sp³-hybridized carbons (Fsp3) is 0.316. The lowest BCUT2D eigenvalue weighted by molar-refractivity contribution is -0.137. The molecule has 0 unspecified atom stereocenters. The maximum atomic E-state index is 13.1. The number of fused-ring (bicyclic) bond motifs is 1. The fourth-order valence-electron chi connectivity index (χ4n) is 2.91. The average molecular weight is 535 g/mol. The Balaban J connectivity index is 2.04. The number of anilines is 1. The van der Waals surface area contributed by atoms with Gasteiger partial charge in [-0.25, -0.2) is 17.7 Å². The van der Waals surface area contributed by atoms with Gasteiger partial charge in [-0.15, -0.1) is 5.10 Å². The Kier molecular flexibility index (Phi) is 6.79. The third kappa shape index (κ3) is 4.88. The van der Waals surface area contributed by atoms with Gasteiger partial charge in [0.1, 0.15) is 4.90 Å². The number of aromatic nitrogens is 3. The normalized spacial score (nSPS) is 12.2. The minimum Gasteiger partial charge on any atom is -0.462 e. The number of nitrogens with one attached hydrogen (secondary N) is 1. The van der Waals surface area contributed by atoms with Crippen molar-refractivity contribution < 1.29 is 31.1 Å². The molecule has 0 amide bonds. The Labute approximate surface area is 189 Å². The first-order chi connectivity index (χ1) is 15.0. The van der Waals surface area contributed by atoms with Crippen LogP contribution in [0.15, 0.2) is 40.0 Å². The van der Waals surface area contributed by atoms with Gasteiger partial charge in [-0.2, -0.15) is 13.2 Å². The van der Waals surface area contributed by atoms with Crippen LogP contribution in [-0.2, 0) is 27.3 Å². The number of ether oxygens (including phenoxy) is 1. The second-order valence-electron chi connectivity index (χ2n) is 6.55. The Morgan fingerprint density at radius 3 is 2.62 bits per heavy atom. The van der Waals surface area contributed by atoms with E-state index in [1.807, 2.05) is 0 Å². The highest BCUT2D eigenvalue weighted by atomic mass is 79.9. The molecule has 0 bridgehead atoms. The molecular formula is C19H18BrF3N4O4S. The molecule has 0 spiro atoms. The molecule has 0 aliphatic heterocycles. The zero-order chi connectivity index (χ0) is 23.7. The average Bonchev–Trinajstić information content (AvgIpc) is 3.09. The summed E-state index contributed by atoms with van der Waals surface area (Å²) in [5.74, 6) is -1.17. The van der Waals surface area contributed by atoms with E-state index in [4.69, 9.17) is 4.74 Å². The van der Waals surface area contributed by atoms with E-state index in [9.17, 15) is 26.4 Å². The minimum absolute atomic E-state index is 0.0125. The van der Waals surface area contributed by atoms with Gasteiger partial charge in [0.05, 0.1) is 41.2 Å². The summed E-state index contributed by atoms with van der Waals surface area (Å²) in [6, 6.07) is 3.89. The van der Waals surface area contributed by atoms with Crippen LogP contribution in [0.4, 0.5) is 19.0 Å². The van der Waals surface area contributed by atoms with Gasteiger partial charge < -0.3 is 10.1 Å². The van der Waals surface area contributed by atoms with Crippen LogP contribution in [0.5, 0.6) is 0 Å². The molecule has 3 aromatic heterocycles. The van der Waals surface area contributed by atoms with Crippen LogP contribution in [0.3, 0.4) is 0 Å². The number of rotatable bonds is 7. The van der Waals surface area contributed by atoms with Gasteiger partial charge in [-0.1, -0.05) is 6.92 Å². The quantitative estimate of drug-likeness (QED) is 0.455. The number of hydrogen-bond acceptors (Lipinski definition) is 7. The van der Waals surface area contributed by atoms with Crippen molar-refractivity contribution in [3.8, 4) is 0 Å². The summed E-state index contributed by atoms with van der Waals surface area (Å²) >= 11 is 3.29. The highest BCUT2D eigenvalue weighted by Crippen LogP contribution is 2.31. The van der Waals surface area contributed by atoms with Crippen LogP contribution in [0.1, 0.15) is 35.5 Å². The second kappa shape index (κ2) is 9.06. The fourth-order valence-corrected chi connectivity index (χ4v) is 4.41. The number of alkyl halides is 3. The number of carbonyl (C=O) groups is 1. The van der Waals surface area contributed by atoms with Crippen molar-refractivity contribution in [2.75, 3.05) is 17.7 Å². The number of nitrogens with zero attached hydrogens (tertiary/aromatic N) is 3. The molecule has 3 aromatic rings. The SMILES string of the molecule is CCOC(=O)c1cc(C(F)(F)F)cnc1CNc1nn2cc(Br)ccc2c1S(=O)(=O)CC. The van der Waals surface area contributed by atoms with Crippen molar-refractivity contribution in [2.45, 2.75) is 31.5 Å². The van der Waals surface area contributed by atoms with Crippen LogP contribution >= 0.6 is 15.9 Å². The second-order valence-corrected chi connectivity index (χ2v) is 9.68. The van der Waals surface area contributed by atoms with E-state index in [1.165, 1.54) is 18.4 Å². The highest BCUT2D eigenvalue weighted by Gasteiger charge is 2.33. The zero-order valence-corrected chi connectivity index (χ0v) is 19.3. The van der Waals surface area contributed by atoms with E-state index in [-0.39, 0.29) is 40.9 Å². The van der Waals surface area contributed by atoms with Gasteiger partial charge in [0.15, 0.2) is 15.7 Å². The Hall–Kier alpha value is -2.67. The van der Waals surface area contributed by atoms with Crippen molar-refractivity contribution >= 4 is 43.1 Å². The summed E-state index contributed by atoms with van der Waals surface area (Å²) in [6.07, 6.45) is -2.53. The number of sulfone groups is 1. The first kappa shape index (κ1) is 24.0. The minimum atomic E-state index is -4.70. The summed E-state index contributed by atoms with van der Waals surface area (Å²) in [7, 11) is -3.71. The van der Waals surface area contributed by atoms with Gasteiger partial charge in [0.2, 0.25) is 0 Å². The highest BCUT2D eigenvalue weighted by molar-refractivity contribution is 9.10. The van der Waals surface area contributed by atoms with Crippen LogP contribution in [0.25, 0.3) is 5.52 Å². The molecular weight excluding hydrogens is 517 g/mol. The third-order valence-electron chi connectivity index (χ3n) is 4.46. The van der Waals surface area contributed by atoms with E-state index in [1.54, 1.807) is 18.3 Å². The molecule has 0 aromatic carbocycles. The molecule has 0 aliphatic carbocycles. The molecule has 0 radical (unpaired) electrons. The lowest BCUT2D eigenvalue weighted by Crippen LogP contribution is -2.16. The van der Waals surface area contributed by atoms with Crippen molar-refractivity contribution in [3.63, 3.8) is 0 Å². The summed E-state index contributed by atoms with van der Waals surface area (Å²) < 4.78 is 71.5. The lowest BCUT2D eigenvalue weighted by atomic mass is 10.1. The van der Waals surface area contributed by atoms with Gasteiger partial charge in [0.25, 0.3) is 0 Å². The van der Waals surface area contributed by atoms with E-state index in [2.05, 4.69) is 31.3 Å². The molecule has 13 heteroatoms. The number of hydrogen-bond donors (Lipinski definition) is 1. The number of pyridine rings is 2. The Morgan fingerprint density at radius 1 is 1.28 bits per heavy atom. The topological polar surface area (TPSA) is 103 Å². The standard InChI is InChI=1S/C19H18BrF3N4O4S/c1-3-31-18(28)13-7-11(19(21,22)23)8-24-14(13)9-25-17-16(32(29,30)4-2)15-6-5-12(20)10-27(15)26-17/h5-8,10H,3-4,9H2,1-2H3,(H,25,26). The number of esters is 1. The predicted octanol–water partition coefficient (Wildman–Crippen LogP) is 4.09. The first-order valence-corrected chi connectivity index (χ1v) is 11.8. The largest absolute Gasteiger partial charge is 0.462 e. The maximum Gasteiger partial charge on any atom is 0.417 e. The Bertz CT molecular complexity index is 1280. The summed E-state index contributed by atoms with van der Waals surface area (Å²) in [4.78, 5) is 15.9. The molecule has 3 rings (SSSR count). The smallest absolute Gasteiger partial charge is 0.417 e. The molecule has 0 aliphatic rings. The molecule has 1 N–H and O–H groups in total. The molecule has 0 atom stereocenters. The van der Waals surface area contributed by atoms with E-state index >= 15 is 0 Å². The third-order valence-corrected chi connectivity index (χ3v) is 6.71. The van der Waals surface area contributed by atoms with Crippen molar-refractivity contribution in [1.29, 1.82) is 0 Å². The molecule has 0 saturated heterocycles. The molecule has 3 heterocycles. The summed E-state index contributed by atoms with van der Waals surface area (Å²) in [5, 5.41) is 7.04. The maximum absolute atomic E-state index is 13.1. The predicted molar refractivity (Wildman–Crippen MR) is 113 cm³/mol. The van der Waals surface area contributed by atoms with Gasteiger partial charge in [-0.3, -0.25) is 4.98 Å². The molecule has 8 nitrogen and oxygen atoms in total. The summed E-state index contributed by atoms with van der Waals surface area (Å²) in [5.41, 5.74) is -1.20. The van der Waals surface area contributed by atoms with E-state index in [0.717, 1.165) is 0 Å². The summed E-state index contributed by atoms with van der Waals surface area (Å²) in [6.45, 7) is 2.71. The zero-order valence-electron chi connectivity index (χ0n) is 16.9. The van der Waals surface area contributed by atoms with Crippen molar-refractivity contribution in [3.05, 3.63) is 51.9 Å². The number of carbonyl (C=O) groups excluding carboxylic acids is 1. The van der Waals surface area contributed by atoms with Crippen LogP contribution in [0.2, 0.25) is 0 Å². The van der Waals surface area contributed by atoms with Crippen LogP contribution in [0, 0.1) is 0 Å². The molecule has 0 saturated carbocycles. The van der Waals surface area contributed by atoms with Crippen LogP contribution in [-0.4, -0.2) is 41.3 Å². The number of halogens is 4. The van der Waals surface area contributed by atoms with Gasteiger partial charge in [-0.05, 0) is 41.1 Å². The van der Waals surface area contributed by atoms with E-state index in [0.29, 0.717) is 22.3 Å².